The van der Waals surface area contributed by atoms with Gasteiger partial charge in [-0.3, -0.25) is 4.79 Å². The van der Waals surface area contributed by atoms with E-state index in [2.05, 4.69) is 58.3 Å². The molecule has 0 spiro atoms. The van der Waals surface area contributed by atoms with E-state index in [1.165, 1.54) is 6.21 Å². The maximum Gasteiger partial charge on any atom is 0.277 e. The molecular formula is C20H15Br3N2O3. The minimum atomic E-state index is -0.422. The number of carbonyl (C=O) groups is 1. The first-order chi connectivity index (χ1) is 13.4. The lowest BCUT2D eigenvalue weighted by Gasteiger charge is -2.10. The molecule has 0 saturated heterocycles. The average Bonchev–Trinajstić information content (AvgIpc) is 2.64. The van der Waals surface area contributed by atoms with Gasteiger partial charge in [0.25, 0.3) is 5.91 Å². The molecule has 0 aliphatic heterocycles. The molecule has 3 rings (SSSR count). The van der Waals surface area contributed by atoms with Gasteiger partial charge in [-0.25, -0.2) is 5.43 Å². The summed E-state index contributed by atoms with van der Waals surface area (Å²) in [5.74, 6) is 0.176. The summed E-state index contributed by atoms with van der Waals surface area (Å²) in [6.07, 6.45) is 1.41. The van der Waals surface area contributed by atoms with Crippen LogP contribution >= 0.6 is 47.8 Å². The molecule has 8 heteroatoms. The van der Waals surface area contributed by atoms with Crippen LogP contribution in [0.15, 0.2) is 61.0 Å². The maximum atomic E-state index is 12.1. The Bertz CT molecular complexity index is 1060. The van der Waals surface area contributed by atoms with Gasteiger partial charge in [-0.05, 0) is 89.2 Å². The molecule has 3 aromatic carbocycles. The van der Waals surface area contributed by atoms with Crippen LogP contribution in [-0.4, -0.2) is 23.8 Å². The zero-order chi connectivity index (χ0) is 20.3. The number of hydrazone groups is 1. The number of amides is 1. The van der Waals surface area contributed by atoms with Crippen LogP contribution in [0.3, 0.4) is 0 Å². The largest absolute Gasteiger partial charge is 0.506 e. The number of aryl methyl sites for hydroxylation is 1. The average molecular weight is 571 g/mol. The van der Waals surface area contributed by atoms with Crippen LogP contribution in [0.4, 0.5) is 0 Å². The second-order valence-electron chi connectivity index (χ2n) is 5.98. The lowest BCUT2D eigenvalue weighted by Crippen LogP contribution is -2.24. The van der Waals surface area contributed by atoms with Crippen molar-refractivity contribution in [1.82, 2.24) is 5.43 Å². The molecule has 0 atom stereocenters. The molecular weight excluding hydrogens is 556 g/mol. The summed E-state index contributed by atoms with van der Waals surface area (Å²) in [4.78, 5) is 12.1. The third-order valence-corrected chi connectivity index (χ3v) is 5.67. The number of ether oxygens (including phenoxy) is 1. The predicted molar refractivity (Wildman–Crippen MR) is 121 cm³/mol. The van der Waals surface area contributed by atoms with Gasteiger partial charge in [0.2, 0.25) is 0 Å². The van der Waals surface area contributed by atoms with Crippen molar-refractivity contribution in [3.8, 4) is 11.5 Å². The number of hydrogen-bond donors (Lipinski definition) is 2. The lowest BCUT2D eigenvalue weighted by molar-refractivity contribution is -0.123. The van der Waals surface area contributed by atoms with Crippen molar-refractivity contribution >= 4 is 70.7 Å². The Kier molecular flexibility index (Phi) is 6.74. The lowest BCUT2D eigenvalue weighted by atomic mass is 10.0. The molecule has 0 bridgehead atoms. The topological polar surface area (TPSA) is 70.9 Å². The van der Waals surface area contributed by atoms with E-state index in [1.54, 1.807) is 0 Å². The molecule has 0 aliphatic rings. The number of aromatic hydroxyl groups is 1. The third-order valence-electron chi connectivity index (χ3n) is 3.89. The normalized spacial score (nSPS) is 11.1. The Balaban J connectivity index is 1.70. The molecule has 0 heterocycles. The third kappa shape index (κ3) is 4.74. The van der Waals surface area contributed by atoms with Gasteiger partial charge >= 0.3 is 0 Å². The number of rotatable bonds is 5. The second-order valence-corrected chi connectivity index (χ2v) is 8.54. The summed E-state index contributed by atoms with van der Waals surface area (Å²) in [6.45, 7) is 1.75. The predicted octanol–water partition coefficient (Wildman–Crippen LogP) is 5.67. The highest BCUT2D eigenvalue weighted by Gasteiger charge is 2.11. The van der Waals surface area contributed by atoms with Crippen LogP contribution in [0, 0.1) is 6.92 Å². The number of hydrogen-bond acceptors (Lipinski definition) is 4. The molecule has 1 amide bonds. The number of fused-ring (bicyclic) bond motifs is 1. The highest BCUT2D eigenvalue weighted by Crippen LogP contribution is 2.35. The fraction of sp³-hybridized carbons (Fsp3) is 0.100. The molecule has 3 aromatic rings. The van der Waals surface area contributed by atoms with Crippen LogP contribution in [0.25, 0.3) is 10.8 Å². The Labute approximate surface area is 187 Å². The molecule has 0 radical (unpaired) electrons. The minimum absolute atomic E-state index is 0.0560. The number of halogens is 3. The van der Waals surface area contributed by atoms with E-state index in [1.807, 2.05) is 49.4 Å². The number of carbonyl (C=O) groups excluding carboxylic acids is 1. The van der Waals surface area contributed by atoms with Crippen molar-refractivity contribution in [3.63, 3.8) is 0 Å². The zero-order valence-corrected chi connectivity index (χ0v) is 19.4. The summed E-state index contributed by atoms with van der Waals surface area (Å²) in [6, 6.07) is 13.2. The summed E-state index contributed by atoms with van der Waals surface area (Å²) in [5, 5.41) is 16.0. The highest BCUT2D eigenvalue weighted by molar-refractivity contribution is 9.11. The van der Waals surface area contributed by atoms with E-state index in [-0.39, 0.29) is 12.4 Å². The Morgan fingerprint density at radius 2 is 1.82 bits per heavy atom. The number of benzene rings is 3. The number of phenolic OH excluding ortho intramolecular Hbond substituents is 1. The van der Waals surface area contributed by atoms with Crippen molar-refractivity contribution in [2.75, 3.05) is 6.61 Å². The number of nitrogens with zero attached hydrogens (tertiary/aromatic N) is 1. The van der Waals surface area contributed by atoms with Crippen LogP contribution in [0.2, 0.25) is 0 Å². The molecule has 144 valence electrons. The van der Waals surface area contributed by atoms with E-state index in [0.717, 1.165) is 25.3 Å². The first kappa shape index (κ1) is 20.8. The second kappa shape index (κ2) is 9.07. The van der Waals surface area contributed by atoms with Crippen molar-refractivity contribution < 1.29 is 14.6 Å². The molecule has 28 heavy (non-hydrogen) atoms. The molecule has 0 fully saturated rings. The first-order valence-corrected chi connectivity index (χ1v) is 10.5. The molecule has 5 nitrogen and oxygen atoms in total. The van der Waals surface area contributed by atoms with Crippen molar-refractivity contribution in [3.05, 3.63) is 67.0 Å². The van der Waals surface area contributed by atoms with Gasteiger partial charge in [-0.2, -0.15) is 5.10 Å². The van der Waals surface area contributed by atoms with E-state index in [0.29, 0.717) is 15.8 Å². The van der Waals surface area contributed by atoms with Gasteiger partial charge in [0.1, 0.15) is 11.5 Å². The summed E-state index contributed by atoms with van der Waals surface area (Å²) >= 11 is 10.2. The fourth-order valence-corrected chi connectivity index (χ4v) is 4.73. The molecule has 0 unspecified atom stereocenters. The fourth-order valence-electron chi connectivity index (χ4n) is 2.62. The summed E-state index contributed by atoms with van der Waals surface area (Å²) in [7, 11) is 0. The van der Waals surface area contributed by atoms with Gasteiger partial charge in [0.15, 0.2) is 6.61 Å². The zero-order valence-electron chi connectivity index (χ0n) is 14.7. The van der Waals surface area contributed by atoms with Crippen LogP contribution in [0.1, 0.15) is 11.1 Å². The molecule has 2 N–H and O–H groups in total. The van der Waals surface area contributed by atoms with Gasteiger partial charge in [-0.1, -0.05) is 24.3 Å². The van der Waals surface area contributed by atoms with Gasteiger partial charge in [-0.15, -0.1) is 0 Å². The monoisotopic (exact) mass is 568 g/mol. The van der Waals surface area contributed by atoms with Crippen LogP contribution in [-0.2, 0) is 4.79 Å². The van der Waals surface area contributed by atoms with Gasteiger partial charge < -0.3 is 9.84 Å². The molecule has 0 saturated carbocycles. The SMILES string of the molecule is Cc1cc(Br)c(OCC(=O)N/N=C/c2c(O)c(Br)cc3ccccc23)c(Br)c1. The maximum absolute atomic E-state index is 12.1. The minimum Gasteiger partial charge on any atom is -0.506 e. The smallest absolute Gasteiger partial charge is 0.277 e. The Morgan fingerprint density at radius 3 is 2.54 bits per heavy atom. The molecule has 0 aliphatic carbocycles. The quantitative estimate of drug-likeness (QED) is 0.307. The van der Waals surface area contributed by atoms with E-state index in [9.17, 15) is 9.90 Å². The summed E-state index contributed by atoms with van der Waals surface area (Å²) in [5.41, 5.74) is 3.98. The first-order valence-electron chi connectivity index (χ1n) is 8.17. The van der Waals surface area contributed by atoms with Crippen LogP contribution < -0.4 is 10.2 Å². The van der Waals surface area contributed by atoms with E-state index >= 15 is 0 Å². The van der Waals surface area contributed by atoms with Gasteiger partial charge in [0.05, 0.1) is 19.6 Å². The Hall–Kier alpha value is -1.90. The van der Waals surface area contributed by atoms with Crippen molar-refractivity contribution in [1.29, 1.82) is 0 Å². The summed E-state index contributed by atoms with van der Waals surface area (Å²) < 4.78 is 7.62. The van der Waals surface area contributed by atoms with Crippen molar-refractivity contribution in [2.24, 2.45) is 5.10 Å². The standard InChI is InChI=1S/C20H15Br3N2O3/c1-11-6-16(22)20(17(23)7-11)28-10-18(26)25-24-9-14-13-5-3-2-4-12(13)8-15(21)19(14)27/h2-9,27H,10H2,1H3,(H,25,26)/b24-9+. The Morgan fingerprint density at radius 1 is 1.14 bits per heavy atom. The van der Waals surface area contributed by atoms with E-state index < -0.39 is 5.91 Å². The van der Waals surface area contributed by atoms with E-state index in [4.69, 9.17) is 4.74 Å². The van der Waals surface area contributed by atoms with Crippen LogP contribution in [0.5, 0.6) is 11.5 Å². The number of nitrogens with one attached hydrogen (secondary N) is 1. The highest BCUT2D eigenvalue weighted by atomic mass is 79.9. The number of phenols is 1. The van der Waals surface area contributed by atoms with Crippen molar-refractivity contribution in [2.45, 2.75) is 6.92 Å². The van der Waals surface area contributed by atoms with Gasteiger partial charge in [0, 0.05) is 5.56 Å². The molecule has 0 aromatic heterocycles.